The van der Waals surface area contributed by atoms with Crippen LogP contribution < -0.4 is 0 Å². The number of unbranched alkanes of at least 4 members (excludes halogenated alkanes) is 40. The Hall–Kier alpha value is -1.94. The zero-order valence-corrected chi connectivity index (χ0v) is 65.5. The molecular weight excluding hydrogens is 1270 g/mol. The molecule has 0 heterocycles. The molecule has 3 unspecified atom stereocenters. The van der Waals surface area contributed by atoms with Gasteiger partial charge in [0.1, 0.15) is 19.3 Å². The average Bonchev–Trinajstić information content (AvgIpc) is 2.08. The van der Waals surface area contributed by atoms with Gasteiger partial charge >= 0.3 is 39.5 Å². The first-order valence-electron chi connectivity index (χ1n) is 40.2. The molecule has 0 saturated heterocycles. The van der Waals surface area contributed by atoms with Crippen LogP contribution in [0.15, 0.2) is 0 Å². The Labute approximate surface area is 594 Å². The maximum atomic E-state index is 13.1. The predicted octanol–water partition coefficient (Wildman–Crippen LogP) is 22.8. The third-order valence-electron chi connectivity index (χ3n) is 18.4. The van der Waals surface area contributed by atoms with Crippen molar-refractivity contribution in [1.29, 1.82) is 0 Å². The molecule has 0 aromatic heterocycles. The Balaban J connectivity index is 5.21. The summed E-state index contributed by atoms with van der Waals surface area (Å²) in [5, 5.41) is 10.6. The van der Waals surface area contributed by atoms with E-state index in [2.05, 4.69) is 55.4 Å². The molecule has 97 heavy (non-hydrogen) atoms. The lowest BCUT2D eigenvalue weighted by atomic mass is 9.99. The molecule has 0 aromatic rings. The second-order valence-electron chi connectivity index (χ2n) is 29.8. The van der Waals surface area contributed by atoms with Crippen molar-refractivity contribution in [2.45, 2.75) is 414 Å². The first-order chi connectivity index (χ1) is 46.6. The van der Waals surface area contributed by atoms with Gasteiger partial charge in [-0.3, -0.25) is 37.3 Å². The fourth-order valence-corrected chi connectivity index (χ4v) is 13.5. The Morgan fingerprint density at radius 2 is 0.495 bits per heavy atom. The van der Waals surface area contributed by atoms with Gasteiger partial charge in [0.05, 0.1) is 26.4 Å². The van der Waals surface area contributed by atoms with Crippen LogP contribution in [0.25, 0.3) is 0 Å². The number of hydrogen-bond donors (Lipinski definition) is 3. The molecule has 17 nitrogen and oxygen atoms in total. The van der Waals surface area contributed by atoms with Crippen LogP contribution >= 0.6 is 15.6 Å². The molecule has 576 valence electrons. The molecule has 3 N–H and O–H groups in total. The van der Waals surface area contributed by atoms with Crippen LogP contribution in [0.1, 0.15) is 396 Å². The Morgan fingerprint density at radius 3 is 0.732 bits per heavy atom. The summed E-state index contributed by atoms with van der Waals surface area (Å²) >= 11 is 0. The molecular formula is C78H152O17P2. The summed E-state index contributed by atoms with van der Waals surface area (Å²) in [5.41, 5.74) is 0. The van der Waals surface area contributed by atoms with E-state index in [9.17, 15) is 43.2 Å². The average molecular weight is 1420 g/mol. The predicted molar refractivity (Wildman–Crippen MR) is 395 cm³/mol. The normalized spacial score (nSPS) is 14.4. The number of esters is 4. The van der Waals surface area contributed by atoms with Crippen molar-refractivity contribution in [2.75, 3.05) is 39.6 Å². The Morgan fingerprint density at radius 1 is 0.289 bits per heavy atom. The zero-order chi connectivity index (χ0) is 71.7. The smallest absolute Gasteiger partial charge is 0.462 e. The number of rotatable bonds is 75. The lowest BCUT2D eigenvalue weighted by Gasteiger charge is -2.21. The molecule has 0 bridgehead atoms. The van der Waals surface area contributed by atoms with E-state index in [-0.39, 0.29) is 25.7 Å². The molecule has 0 aliphatic carbocycles. The highest BCUT2D eigenvalue weighted by molar-refractivity contribution is 7.47. The summed E-state index contributed by atoms with van der Waals surface area (Å²) in [7, 11) is -9.92. The summed E-state index contributed by atoms with van der Waals surface area (Å²) in [6, 6.07) is 0. The van der Waals surface area contributed by atoms with Crippen molar-refractivity contribution in [3.05, 3.63) is 0 Å². The number of aliphatic hydroxyl groups is 1. The van der Waals surface area contributed by atoms with Gasteiger partial charge in [-0.15, -0.1) is 0 Å². The van der Waals surface area contributed by atoms with Crippen molar-refractivity contribution in [3.8, 4) is 0 Å². The number of aliphatic hydroxyl groups excluding tert-OH is 1. The standard InChI is InChI=1S/C78H152O17P2/c1-9-71(8)57-49-41-32-26-19-15-11-13-17-21-28-34-44-52-60-77(82)95-74(65-89-76(81)59-51-43-37-36-40-48-56-70(6)7)67-93-97(86,87)91-63-72(79)62-90-96(84,85)92-66-73(94-78(83)61-53-45-35-29-23-22-25-31-39-47-55-69(4)5)64-88-75(80)58-50-42-33-27-20-16-12-10-14-18-24-30-38-46-54-68(2)3/h68-74,79H,9-67H2,1-8H3,(H,84,85)(H,86,87)/t71?,72-,73-,74-/m1/s1. The summed E-state index contributed by atoms with van der Waals surface area (Å²) in [6.07, 6.45) is 52.8. The maximum absolute atomic E-state index is 13.1. The zero-order valence-electron chi connectivity index (χ0n) is 63.7. The van der Waals surface area contributed by atoms with Crippen LogP contribution in [0.2, 0.25) is 0 Å². The van der Waals surface area contributed by atoms with Gasteiger partial charge < -0.3 is 33.8 Å². The van der Waals surface area contributed by atoms with Crippen molar-refractivity contribution in [1.82, 2.24) is 0 Å². The van der Waals surface area contributed by atoms with Crippen LogP contribution in [0, 0.1) is 23.7 Å². The molecule has 6 atom stereocenters. The van der Waals surface area contributed by atoms with E-state index in [1.54, 1.807) is 0 Å². The summed E-state index contributed by atoms with van der Waals surface area (Å²) in [6.45, 7) is 14.2. The molecule has 0 fully saturated rings. The molecule has 0 aliphatic rings. The highest BCUT2D eigenvalue weighted by Gasteiger charge is 2.30. The minimum atomic E-state index is -4.96. The van der Waals surface area contributed by atoms with E-state index in [1.165, 1.54) is 193 Å². The number of carbonyl (C=O) groups excluding carboxylic acids is 4. The van der Waals surface area contributed by atoms with Crippen LogP contribution in [0.4, 0.5) is 0 Å². The third kappa shape index (κ3) is 70.9. The first kappa shape index (κ1) is 95.1. The number of hydrogen-bond acceptors (Lipinski definition) is 15. The Bertz CT molecular complexity index is 1900. The van der Waals surface area contributed by atoms with Crippen LogP contribution in [0.3, 0.4) is 0 Å². The number of phosphoric ester groups is 2. The van der Waals surface area contributed by atoms with E-state index in [1.807, 2.05) is 0 Å². The molecule has 0 aromatic carbocycles. The van der Waals surface area contributed by atoms with E-state index in [0.29, 0.717) is 31.6 Å². The van der Waals surface area contributed by atoms with Gasteiger partial charge in [0.25, 0.3) is 0 Å². The van der Waals surface area contributed by atoms with Crippen LogP contribution in [0.5, 0.6) is 0 Å². The fraction of sp³-hybridized carbons (Fsp3) is 0.949. The molecule has 0 saturated carbocycles. The molecule has 0 amide bonds. The van der Waals surface area contributed by atoms with Gasteiger partial charge in [-0.25, -0.2) is 9.13 Å². The van der Waals surface area contributed by atoms with Crippen molar-refractivity contribution in [3.63, 3.8) is 0 Å². The Kier molecular flexibility index (Phi) is 65.9. The molecule has 0 spiro atoms. The third-order valence-corrected chi connectivity index (χ3v) is 20.3. The van der Waals surface area contributed by atoms with Crippen LogP contribution in [-0.4, -0.2) is 96.7 Å². The van der Waals surface area contributed by atoms with E-state index in [4.69, 9.17) is 37.0 Å². The lowest BCUT2D eigenvalue weighted by molar-refractivity contribution is -0.161. The first-order valence-corrected chi connectivity index (χ1v) is 43.2. The van der Waals surface area contributed by atoms with Gasteiger partial charge in [-0.2, -0.15) is 0 Å². The molecule has 19 heteroatoms. The maximum Gasteiger partial charge on any atom is 0.472 e. The lowest BCUT2D eigenvalue weighted by Crippen LogP contribution is -2.30. The second kappa shape index (κ2) is 67.2. The quantitative estimate of drug-likeness (QED) is 0.0222. The highest BCUT2D eigenvalue weighted by atomic mass is 31.2. The van der Waals surface area contributed by atoms with Gasteiger partial charge in [-0.1, -0.05) is 344 Å². The van der Waals surface area contributed by atoms with Gasteiger partial charge in [0, 0.05) is 25.7 Å². The fourth-order valence-electron chi connectivity index (χ4n) is 11.9. The number of phosphoric acid groups is 2. The van der Waals surface area contributed by atoms with Gasteiger partial charge in [0.2, 0.25) is 0 Å². The van der Waals surface area contributed by atoms with Crippen LogP contribution in [-0.2, 0) is 65.4 Å². The largest absolute Gasteiger partial charge is 0.472 e. The number of carbonyl (C=O) groups is 4. The SMILES string of the molecule is CCC(C)CCCCCCCCCCCCCCCCC(=O)O[C@H](COC(=O)CCCCCCCCC(C)C)COP(=O)(O)OC[C@H](O)COP(=O)(O)OC[C@@H](COC(=O)CCCCCCCCCCCCCCCCC(C)C)OC(=O)CCCCCCCCCCCCC(C)C. The van der Waals surface area contributed by atoms with Gasteiger partial charge in [-0.05, 0) is 49.4 Å². The van der Waals surface area contributed by atoms with E-state index >= 15 is 0 Å². The topological polar surface area (TPSA) is 237 Å². The minimum absolute atomic E-state index is 0.106. The van der Waals surface area contributed by atoms with Crippen molar-refractivity contribution in [2.24, 2.45) is 23.7 Å². The molecule has 0 radical (unpaired) electrons. The second-order valence-corrected chi connectivity index (χ2v) is 32.7. The molecule has 0 aliphatic heterocycles. The van der Waals surface area contributed by atoms with Gasteiger partial charge in [0.15, 0.2) is 12.2 Å². The highest BCUT2D eigenvalue weighted by Crippen LogP contribution is 2.45. The number of ether oxygens (including phenoxy) is 4. The molecule has 0 rings (SSSR count). The van der Waals surface area contributed by atoms with E-state index in [0.717, 1.165) is 114 Å². The van der Waals surface area contributed by atoms with Crippen molar-refractivity contribution < 1.29 is 80.2 Å². The summed E-state index contributed by atoms with van der Waals surface area (Å²) in [4.78, 5) is 72.9. The summed E-state index contributed by atoms with van der Waals surface area (Å²) < 4.78 is 68.6. The monoisotopic (exact) mass is 1420 g/mol. The van der Waals surface area contributed by atoms with Crippen molar-refractivity contribution >= 4 is 39.5 Å². The van der Waals surface area contributed by atoms with E-state index < -0.39 is 97.5 Å². The minimum Gasteiger partial charge on any atom is -0.462 e. The summed E-state index contributed by atoms with van der Waals surface area (Å²) in [5.74, 6) is 0.957.